The van der Waals surface area contributed by atoms with Crippen molar-refractivity contribution in [3.05, 3.63) is 57.1 Å². The van der Waals surface area contributed by atoms with Gasteiger partial charge in [0.2, 0.25) is 5.91 Å². The van der Waals surface area contributed by atoms with Gasteiger partial charge in [0.1, 0.15) is 6.04 Å². The molecule has 8 nitrogen and oxygen atoms in total. The van der Waals surface area contributed by atoms with E-state index in [4.69, 9.17) is 16.3 Å². The van der Waals surface area contributed by atoms with Gasteiger partial charge in [0, 0.05) is 12.6 Å². The van der Waals surface area contributed by atoms with Crippen LogP contribution in [0.15, 0.2) is 35.1 Å². The molecule has 2 N–H and O–H groups in total. The molecule has 2 heterocycles. The second-order valence-corrected chi connectivity index (χ2v) is 8.65. The second-order valence-electron chi connectivity index (χ2n) is 8.29. The Hall–Kier alpha value is -2.87. The molecule has 2 atom stereocenters. The number of nitrogens with one attached hydrogen (secondary N) is 2. The van der Waals surface area contributed by atoms with Gasteiger partial charge in [-0.25, -0.2) is 9.78 Å². The third-order valence-corrected chi connectivity index (χ3v) is 6.48. The molecule has 31 heavy (non-hydrogen) atoms. The molecule has 0 bridgehead atoms. The van der Waals surface area contributed by atoms with Gasteiger partial charge in [-0.15, -0.1) is 0 Å². The maximum Gasteiger partial charge on any atom is 0.329 e. The van der Waals surface area contributed by atoms with Crippen LogP contribution in [-0.4, -0.2) is 34.6 Å². The van der Waals surface area contributed by atoms with Crippen LogP contribution < -0.4 is 16.2 Å². The topological polar surface area (TPSA) is 102 Å². The lowest BCUT2D eigenvalue weighted by Gasteiger charge is -2.27. The molecular weight excluding hydrogens is 420 g/mol. The maximum absolute atomic E-state index is 13.3. The Morgan fingerprint density at radius 3 is 2.61 bits per heavy atom. The van der Waals surface area contributed by atoms with Gasteiger partial charge >= 0.3 is 5.97 Å². The maximum atomic E-state index is 13.3. The molecule has 0 radical (unpaired) electrons. The Morgan fingerprint density at radius 1 is 1.29 bits per heavy atom. The van der Waals surface area contributed by atoms with E-state index in [1.165, 1.54) is 11.7 Å². The van der Waals surface area contributed by atoms with Crippen molar-refractivity contribution in [2.75, 3.05) is 12.4 Å². The number of fused-ring (bicyclic) bond motifs is 1. The lowest BCUT2D eigenvalue weighted by atomic mass is 9.83. The van der Waals surface area contributed by atoms with E-state index in [-0.39, 0.29) is 35.0 Å². The number of anilines is 1. The highest BCUT2D eigenvalue weighted by molar-refractivity contribution is 6.30. The summed E-state index contributed by atoms with van der Waals surface area (Å²) >= 11 is 6.51. The predicted octanol–water partition coefficient (Wildman–Crippen LogP) is 2.55. The van der Waals surface area contributed by atoms with Crippen molar-refractivity contribution in [3.8, 4) is 0 Å². The molecular formula is C22H25ClN4O4. The van der Waals surface area contributed by atoms with E-state index in [0.29, 0.717) is 6.54 Å². The first kappa shape index (κ1) is 21.4. The normalized spacial score (nSPS) is 22.4. The van der Waals surface area contributed by atoms with E-state index >= 15 is 0 Å². The minimum Gasteiger partial charge on any atom is -0.467 e. The number of benzene rings is 1. The van der Waals surface area contributed by atoms with Crippen molar-refractivity contribution in [2.45, 2.75) is 56.7 Å². The first-order valence-corrected chi connectivity index (χ1v) is 10.7. The minimum atomic E-state index is -1.22. The van der Waals surface area contributed by atoms with Gasteiger partial charge in [0.25, 0.3) is 5.56 Å². The summed E-state index contributed by atoms with van der Waals surface area (Å²) in [5.41, 5.74) is -0.518. The molecule has 2 aliphatic rings. The fraction of sp³-hybridized carbons (Fsp3) is 0.455. The summed E-state index contributed by atoms with van der Waals surface area (Å²) in [5.74, 6) is -0.833. The summed E-state index contributed by atoms with van der Waals surface area (Å²) in [4.78, 5) is 43.3. The molecule has 1 aliphatic heterocycles. The molecule has 1 aliphatic carbocycles. The lowest BCUT2D eigenvalue weighted by Crippen LogP contribution is -2.42. The van der Waals surface area contributed by atoms with Gasteiger partial charge in [-0.3, -0.25) is 14.2 Å². The Bertz CT molecular complexity index is 1070. The zero-order valence-electron chi connectivity index (χ0n) is 17.5. The van der Waals surface area contributed by atoms with E-state index in [1.807, 2.05) is 30.3 Å². The third-order valence-electron chi connectivity index (χ3n) is 6.22. The molecule has 2 aromatic rings. The smallest absolute Gasteiger partial charge is 0.329 e. The summed E-state index contributed by atoms with van der Waals surface area (Å²) in [6, 6.07) is 8.68. The fourth-order valence-corrected chi connectivity index (χ4v) is 4.60. The molecule has 9 heteroatoms. The monoisotopic (exact) mass is 444 g/mol. The molecule has 1 amide bonds. The van der Waals surface area contributed by atoms with Crippen molar-refractivity contribution in [2.24, 2.45) is 0 Å². The van der Waals surface area contributed by atoms with Gasteiger partial charge in [-0.1, -0.05) is 41.9 Å². The molecule has 4 rings (SSSR count). The van der Waals surface area contributed by atoms with E-state index < -0.39 is 23.0 Å². The molecule has 1 saturated carbocycles. The van der Waals surface area contributed by atoms with Crippen LogP contribution in [0.3, 0.4) is 0 Å². The molecule has 0 saturated heterocycles. The van der Waals surface area contributed by atoms with Gasteiger partial charge in [-0.05, 0) is 38.2 Å². The number of methoxy groups -OCH3 is 1. The van der Waals surface area contributed by atoms with Gasteiger partial charge in [0.05, 0.1) is 18.2 Å². The minimum absolute atomic E-state index is 0.0326. The number of nitrogens with zero attached hydrogens (tertiary/aromatic N) is 2. The SMILES string of the molecule is COC(=O)[C@@H]1C[C@@](C)(C(=O)NCc2ccccc2)c2c(Cl)nc(NC3CCC3)c(=O)n21. The molecule has 0 spiro atoms. The van der Waals surface area contributed by atoms with Crippen LogP contribution in [0, 0.1) is 0 Å². The largest absolute Gasteiger partial charge is 0.467 e. The van der Waals surface area contributed by atoms with Crippen LogP contribution in [0.5, 0.6) is 0 Å². The quantitative estimate of drug-likeness (QED) is 0.664. The summed E-state index contributed by atoms with van der Waals surface area (Å²) in [7, 11) is 1.26. The summed E-state index contributed by atoms with van der Waals surface area (Å²) in [6.07, 6.45) is 3.03. The van der Waals surface area contributed by atoms with Gasteiger partial charge in [-0.2, -0.15) is 0 Å². The third kappa shape index (κ3) is 3.80. The Kier molecular flexibility index (Phi) is 5.75. The number of rotatable bonds is 6. The van der Waals surface area contributed by atoms with Crippen molar-refractivity contribution in [3.63, 3.8) is 0 Å². The Labute approximate surface area is 185 Å². The van der Waals surface area contributed by atoms with Crippen LogP contribution in [0.1, 0.15) is 49.9 Å². The highest BCUT2D eigenvalue weighted by Gasteiger charge is 2.51. The molecule has 1 aromatic heterocycles. The Balaban J connectivity index is 1.71. The van der Waals surface area contributed by atoms with E-state index in [1.54, 1.807) is 6.92 Å². The molecule has 1 fully saturated rings. The van der Waals surface area contributed by atoms with Crippen molar-refractivity contribution >= 4 is 29.3 Å². The van der Waals surface area contributed by atoms with Crippen LogP contribution >= 0.6 is 11.6 Å². The van der Waals surface area contributed by atoms with Crippen LogP contribution in [-0.2, 0) is 26.3 Å². The molecule has 1 aromatic carbocycles. The predicted molar refractivity (Wildman–Crippen MR) is 116 cm³/mol. The number of carbonyl (C=O) groups excluding carboxylic acids is 2. The second kappa shape index (κ2) is 8.34. The summed E-state index contributed by atoms with van der Waals surface area (Å²) in [5, 5.41) is 6.05. The fourth-order valence-electron chi connectivity index (χ4n) is 4.22. The number of halogens is 1. The zero-order chi connectivity index (χ0) is 22.2. The van der Waals surface area contributed by atoms with Crippen LogP contribution in [0.4, 0.5) is 5.82 Å². The summed E-state index contributed by atoms with van der Waals surface area (Å²) in [6.45, 7) is 1.99. The number of amides is 1. The zero-order valence-corrected chi connectivity index (χ0v) is 18.2. The van der Waals surface area contributed by atoms with Gasteiger partial charge < -0.3 is 15.4 Å². The van der Waals surface area contributed by atoms with Crippen molar-refractivity contribution < 1.29 is 14.3 Å². The number of ether oxygens (including phenoxy) is 1. The highest BCUT2D eigenvalue weighted by Crippen LogP contribution is 2.44. The number of esters is 1. The van der Waals surface area contributed by atoms with Crippen molar-refractivity contribution in [1.82, 2.24) is 14.9 Å². The van der Waals surface area contributed by atoms with E-state index in [2.05, 4.69) is 15.6 Å². The summed E-state index contributed by atoms with van der Waals surface area (Å²) < 4.78 is 6.21. The van der Waals surface area contributed by atoms with Gasteiger partial charge in [0.15, 0.2) is 11.0 Å². The highest BCUT2D eigenvalue weighted by atomic mass is 35.5. The standard InChI is InChI=1S/C22H25ClN4O4/c1-22(21(30)24-12-13-7-4-3-5-8-13)11-15(20(29)31-2)27-16(22)17(23)26-18(19(27)28)25-14-9-6-10-14/h3-5,7-8,14-15H,6,9-12H2,1-2H3,(H,24,30)(H,25,26)/t15-,22+/m0/s1. The van der Waals surface area contributed by atoms with E-state index in [9.17, 15) is 14.4 Å². The average molecular weight is 445 g/mol. The number of carbonyl (C=O) groups is 2. The lowest BCUT2D eigenvalue weighted by molar-refractivity contribution is -0.144. The van der Waals surface area contributed by atoms with E-state index in [0.717, 1.165) is 24.8 Å². The molecule has 164 valence electrons. The number of hydrogen-bond donors (Lipinski definition) is 2. The number of aromatic nitrogens is 2. The van der Waals surface area contributed by atoms with Crippen molar-refractivity contribution in [1.29, 1.82) is 0 Å². The average Bonchev–Trinajstić information content (AvgIpc) is 3.07. The molecule has 0 unspecified atom stereocenters. The van der Waals surface area contributed by atoms with Crippen LogP contribution in [0.2, 0.25) is 5.15 Å². The first-order chi connectivity index (χ1) is 14.8. The Morgan fingerprint density at radius 2 is 2.00 bits per heavy atom. The number of hydrogen-bond acceptors (Lipinski definition) is 6. The van der Waals surface area contributed by atoms with Crippen LogP contribution in [0.25, 0.3) is 0 Å². The first-order valence-electron chi connectivity index (χ1n) is 10.3.